The van der Waals surface area contributed by atoms with Crippen LogP contribution in [0, 0.1) is 0 Å². The molecule has 0 heterocycles. The van der Waals surface area contributed by atoms with Crippen LogP contribution in [0.5, 0.6) is 0 Å². The van der Waals surface area contributed by atoms with Gasteiger partial charge in [-0.25, -0.2) is 0 Å². The van der Waals surface area contributed by atoms with E-state index in [0.29, 0.717) is 6.61 Å². The zero-order valence-corrected chi connectivity index (χ0v) is 14.9. The predicted octanol–water partition coefficient (Wildman–Crippen LogP) is 4.13. The highest BCUT2D eigenvalue weighted by atomic mass is 16.5. The van der Waals surface area contributed by atoms with Gasteiger partial charge in [-0.15, -0.1) is 0 Å². The maximum atomic E-state index is 12.1. The fourth-order valence-electron chi connectivity index (χ4n) is 3.29. The van der Waals surface area contributed by atoms with E-state index in [1.54, 1.807) is 0 Å². The van der Waals surface area contributed by atoms with Crippen LogP contribution in [0.25, 0.3) is 0 Å². The molecule has 1 N–H and O–H groups in total. The van der Waals surface area contributed by atoms with Gasteiger partial charge in [0, 0.05) is 0 Å². The van der Waals surface area contributed by atoms with Gasteiger partial charge in [-0.1, -0.05) is 91.0 Å². The fourth-order valence-corrected chi connectivity index (χ4v) is 3.29. The molecule has 0 fully saturated rings. The van der Waals surface area contributed by atoms with Crippen LogP contribution in [0.15, 0.2) is 91.0 Å². The largest absolute Gasteiger partial charge is 0.465 e. The molecule has 3 nitrogen and oxygen atoms in total. The molecule has 3 heteroatoms. The van der Waals surface area contributed by atoms with Crippen molar-refractivity contribution in [1.82, 2.24) is 5.32 Å². The lowest BCUT2D eigenvalue weighted by molar-refractivity contribution is -0.142. The monoisotopic (exact) mass is 345 g/mol. The molecule has 0 radical (unpaired) electrons. The summed E-state index contributed by atoms with van der Waals surface area (Å²) in [5.74, 6) is -0.264. The van der Waals surface area contributed by atoms with Gasteiger partial charge in [0.15, 0.2) is 0 Å². The number of hydrogen-bond donors (Lipinski definition) is 1. The standard InChI is InChI=1S/C23H23NO2/c1-2-26-22(25)18-24-23(19-12-6-3-7-13-19,20-14-8-4-9-15-20)21-16-10-5-11-17-21/h3-17,24H,2,18H2,1H3. The van der Waals surface area contributed by atoms with Crippen molar-refractivity contribution in [2.24, 2.45) is 0 Å². The molecule has 0 atom stereocenters. The van der Waals surface area contributed by atoms with Crippen LogP contribution in [0.2, 0.25) is 0 Å². The lowest BCUT2D eigenvalue weighted by Crippen LogP contribution is -2.47. The third-order valence-corrected chi connectivity index (χ3v) is 4.42. The molecule has 3 rings (SSSR count). The van der Waals surface area contributed by atoms with E-state index >= 15 is 0 Å². The molecule has 3 aromatic carbocycles. The van der Waals surface area contributed by atoms with Gasteiger partial charge in [-0.2, -0.15) is 0 Å². The molecule has 0 aliphatic rings. The van der Waals surface area contributed by atoms with Gasteiger partial charge in [0.1, 0.15) is 0 Å². The molecule has 0 aliphatic heterocycles. The van der Waals surface area contributed by atoms with E-state index in [2.05, 4.69) is 41.7 Å². The lowest BCUT2D eigenvalue weighted by Gasteiger charge is -2.36. The first-order chi connectivity index (χ1) is 12.8. The number of ether oxygens (including phenoxy) is 1. The van der Waals surface area contributed by atoms with Crippen molar-refractivity contribution in [2.45, 2.75) is 12.5 Å². The second-order valence-electron chi connectivity index (χ2n) is 6.01. The van der Waals surface area contributed by atoms with Crippen molar-refractivity contribution >= 4 is 5.97 Å². The highest BCUT2D eigenvalue weighted by Gasteiger charge is 2.36. The normalized spacial score (nSPS) is 11.1. The summed E-state index contributed by atoms with van der Waals surface area (Å²) in [7, 11) is 0. The zero-order valence-electron chi connectivity index (χ0n) is 14.9. The van der Waals surface area contributed by atoms with Gasteiger partial charge in [0.2, 0.25) is 0 Å². The maximum absolute atomic E-state index is 12.1. The molecule has 0 saturated heterocycles. The van der Waals surface area contributed by atoms with Gasteiger partial charge < -0.3 is 4.74 Å². The fraction of sp³-hybridized carbons (Fsp3) is 0.174. The average Bonchev–Trinajstić information content (AvgIpc) is 2.71. The summed E-state index contributed by atoms with van der Waals surface area (Å²) in [4.78, 5) is 12.1. The Morgan fingerprint density at radius 1 is 0.769 bits per heavy atom. The highest BCUT2D eigenvalue weighted by Crippen LogP contribution is 2.36. The predicted molar refractivity (Wildman–Crippen MR) is 104 cm³/mol. The SMILES string of the molecule is CCOC(=O)CNC(c1ccccc1)(c1ccccc1)c1ccccc1. The van der Waals surface area contributed by atoms with Crippen molar-refractivity contribution in [3.63, 3.8) is 0 Å². The molecular formula is C23H23NO2. The molecule has 26 heavy (non-hydrogen) atoms. The number of nitrogens with one attached hydrogen (secondary N) is 1. The number of hydrogen-bond acceptors (Lipinski definition) is 3. The summed E-state index contributed by atoms with van der Waals surface area (Å²) >= 11 is 0. The van der Waals surface area contributed by atoms with Crippen LogP contribution in [-0.4, -0.2) is 19.1 Å². The Kier molecular flexibility index (Phi) is 5.82. The molecule has 0 amide bonds. The van der Waals surface area contributed by atoms with Gasteiger partial charge in [0.25, 0.3) is 0 Å². The first kappa shape index (κ1) is 17.9. The molecule has 0 aliphatic carbocycles. The van der Waals surface area contributed by atoms with E-state index in [4.69, 9.17) is 4.74 Å². The van der Waals surface area contributed by atoms with Crippen molar-refractivity contribution in [1.29, 1.82) is 0 Å². The van der Waals surface area contributed by atoms with E-state index in [9.17, 15) is 4.79 Å². The maximum Gasteiger partial charge on any atom is 0.319 e. The molecule has 132 valence electrons. The minimum atomic E-state index is -0.642. The molecular weight excluding hydrogens is 322 g/mol. The third-order valence-electron chi connectivity index (χ3n) is 4.42. The Hall–Kier alpha value is -2.91. The van der Waals surface area contributed by atoms with Crippen LogP contribution in [0.1, 0.15) is 23.6 Å². The molecule has 3 aromatic rings. The van der Waals surface area contributed by atoms with E-state index in [0.717, 1.165) is 16.7 Å². The topological polar surface area (TPSA) is 38.3 Å². The second-order valence-corrected chi connectivity index (χ2v) is 6.01. The summed E-state index contributed by atoms with van der Waals surface area (Å²) in [5.41, 5.74) is 2.57. The highest BCUT2D eigenvalue weighted by molar-refractivity contribution is 5.72. The molecule has 0 aromatic heterocycles. The Balaban J connectivity index is 2.16. The second kappa shape index (κ2) is 8.45. The number of carbonyl (C=O) groups excluding carboxylic acids is 1. The first-order valence-electron chi connectivity index (χ1n) is 8.84. The summed E-state index contributed by atoms with van der Waals surface area (Å²) in [6.07, 6.45) is 0. The minimum absolute atomic E-state index is 0.118. The number of esters is 1. The third kappa shape index (κ3) is 3.68. The first-order valence-corrected chi connectivity index (χ1v) is 8.84. The van der Waals surface area contributed by atoms with Crippen LogP contribution >= 0.6 is 0 Å². The smallest absolute Gasteiger partial charge is 0.319 e. The number of rotatable bonds is 7. The zero-order chi connectivity index (χ0) is 18.2. The summed E-state index contributed by atoms with van der Waals surface area (Å²) in [6, 6.07) is 30.6. The van der Waals surface area contributed by atoms with Crippen LogP contribution in [-0.2, 0) is 15.1 Å². The van der Waals surface area contributed by atoms with Crippen LogP contribution in [0.3, 0.4) is 0 Å². The van der Waals surface area contributed by atoms with Crippen molar-refractivity contribution in [3.05, 3.63) is 108 Å². The van der Waals surface area contributed by atoms with Crippen molar-refractivity contribution in [3.8, 4) is 0 Å². The average molecular weight is 345 g/mol. The Morgan fingerprint density at radius 3 is 1.50 bits per heavy atom. The summed E-state index contributed by atoms with van der Waals surface area (Å²) in [5, 5.41) is 3.49. The minimum Gasteiger partial charge on any atom is -0.465 e. The van der Waals surface area contributed by atoms with E-state index < -0.39 is 5.54 Å². The number of benzene rings is 3. The van der Waals surface area contributed by atoms with E-state index in [-0.39, 0.29) is 12.5 Å². The lowest BCUT2D eigenvalue weighted by atomic mass is 9.77. The van der Waals surface area contributed by atoms with Gasteiger partial charge >= 0.3 is 5.97 Å². The van der Waals surface area contributed by atoms with Gasteiger partial charge in [-0.05, 0) is 23.6 Å². The Morgan fingerprint density at radius 2 is 1.15 bits per heavy atom. The number of carbonyl (C=O) groups is 1. The molecule has 0 bridgehead atoms. The van der Waals surface area contributed by atoms with E-state index in [1.165, 1.54) is 0 Å². The van der Waals surface area contributed by atoms with Gasteiger partial charge in [0.05, 0.1) is 18.7 Å². The summed E-state index contributed by atoms with van der Waals surface area (Å²) in [6.45, 7) is 2.30. The van der Waals surface area contributed by atoms with Gasteiger partial charge in [-0.3, -0.25) is 10.1 Å². The molecule has 0 spiro atoms. The Labute approximate surface area is 154 Å². The quantitative estimate of drug-likeness (QED) is 0.517. The van der Waals surface area contributed by atoms with Crippen LogP contribution in [0.4, 0.5) is 0 Å². The summed E-state index contributed by atoms with van der Waals surface area (Å²) < 4.78 is 5.14. The van der Waals surface area contributed by atoms with E-state index in [1.807, 2.05) is 61.5 Å². The van der Waals surface area contributed by atoms with Crippen molar-refractivity contribution < 1.29 is 9.53 Å². The molecule has 0 unspecified atom stereocenters. The Bertz CT molecular complexity index is 720. The molecule has 0 saturated carbocycles. The van der Waals surface area contributed by atoms with Crippen LogP contribution < -0.4 is 5.32 Å². The van der Waals surface area contributed by atoms with Crippen molar-refractivity contribution in [2.75, 3.05) is 13.2 Å².